The van der Waals surface area contributed by atoms with Gasteiger partial charge in [0.25, 0.3) is 0 Å². The number of aromatic nitrogens is 2. The molecule has 2 heterocycles. The van der Waals surface area contributed by atoms with Gasteiger partial charge in [0.1, 0.15) is 0 Å². The van der Waals surface area contributed by atoms with Crippen molar-refractivity contribution >= 4 is 0 Å². The van der Waals surface area contributed by atoms with Gasteiger partial charge in [-0.2, -0.15) is 0 Å². The van der Waals surface area contributed by atoms with E-state index in [1.165, 1.54) is 25.7 Å². The highest BCUT2D eigenvalue weighted by Crippen LogP contribution is 2.27. The maximum absolute atomic E-state index is 4.49. The van der Waals surface area contributed by atoms with Crippen LogP contribution >= 0.6 is 0 Å². The molecule has 0 spiro atoms. The highest BCUT2D eigenvalue weighted by Gasteiger charge is 2.31. The van der Waals surface area contributed by atoms with Gasteiger partial charge >= 0.3 is 0 Å². The fourth-order valence-electron chi connectivity index (χ4n) is 3.85. The number of nitrogens with zero attached hydrogens (tertiary/aromatic N) is 4. The maximum Gasteiger partial charge on any atom is 0.0543 e. The smallest absolute Gasteiger partial charge is 0.0543 e. The molecule has 0 amide bonds. The monoisotopic (exact) mass is 324 g/mol. The van der Waals surface area contributed by atoms with E-state index in [1.54, 1.807) is 0 Å². The van der Waals surface area contributed by atoms with Crippen molar-refractivity contribution in [1.82, 2.24) is 19.8 Å². The average Bonchev–Trinajstić information content (AvgIpc) is 2.63. The lowest BCUT2D eigenvalue weighted by Gasteiger charge is -2.42. The molecule has 2 aromatic rings. The Labute approximate surface area is 145 Å². The predicted octanol–water partition coefficient (Wildman–Crippen LogP) is 3.35. The average molecular weight is 324 g/mol. The Morgan fingerprint density at radius 3 is 1.62 bits per heavy atom. The van der Waals surface area contributed by atoms with Crippen LogP contribution in [0.25, 0.3) is 0 Å². The fourth-order valence-corrected chi connectivity index (χ4v) is 3.85. The van der Waals surface area contributed by atoms with E-state index in [-0.39, 0.29) is 0 Å². The van der Waals surface area contributed by atoms with E-state index >= 15 is 0 Å². The highest BCUT2D eigenvalue weighted by atomic mass is 15.2. The molecule has 24 heavy (non-hydrogen) atoms. The van der Waals surface area contributed by atoms with Crippen molar-refractivity contribution in [1.29, 1.82) is 0 Å². The zero-order valence-electron chi connectivity index (χ0n) is 14.8. The summed E-state index contributed by atoms with van der Waals surface area (Å²) in [5.41, 5.74) is 2.30. The van der Waals surface area contributed by atoms with Gasteiger partial charge < -0.3 is 0 Å². The Morgan fingerprint density at radius 2 is 1.25 bits per heavy atom. The van der Waals surface area contributed by atoms with Crippen LogP contribution in [0.1, 0.15) is 37.1 Å². The SMILES string of the molecule is CN(Cc1ccccn1)[C@@H]1CCCC[C@H]1N(C)Cc1ccccn1. The van der Waals surface area contributed by atoms with E-state index in [4.69, 9.17) is 0 Å². The largest absolute Gasteiger partial charge is 0.296 e. The molecule has 0 radical (unpaired) electrons. The quantitative estimate of drug-likeness (QED) is 0.816. The molecule has 1 aliphatic carbocycles. The lowest BCUT2D eigenvalue weighted by molar-refractivity contribution is 0.0680. The molecule has 128 valence electrons. The predicted molar refractivity (Wildman–Crippen MR) is 97.5 cm³/mol. The summed E-state index contributed by atoms with van der Waals surface area (Å²) in [5, 5.41) is 0. The molecule has 1 saturated carbocycles. The second-order valence-electron chi connectivity index (χ2n) is 6.89. The first kappa shape index (κ1) is 17.1. The summed E-state index contributed by atoms with van der Waals surface area (Å²) in [6.45, 7) is 1.83. The standard InChI is InChI=1S/C20H28N4/c1-23(15-17-9-5-7-13-21-17)19-11-3-4-12-20(19)24(2)16-18-10-6-8-14-22-18/h5-10,13-14,19-20H,3-4,11-12,15-16H2,1-2H3/t19-,20-/m1/s1. The van der Waals surface area contributed by atoms with Gasteiger partial charge in [-0.25, -0.2) is 0 Å². The van der Waals surface area contributed by atoms with Crippen molar-refractivity contribution < 1.29 is 0 Å². The zero-order valence-corrected chi connectivity index (χ0v) is 14.8. The van der Waals surface area contributed by atoms with Crippen LogP contribution in [0.3, 0.4) is 0 Å². The minimum Gasteiger partial charge on any atom is -0.296 e. The minimum absolute atomic E-state index is 0.578. The summed E-state index contributed by atoms with van der Waals surface area (Å²) in [6.07, 6.45) is 8.95. The normalized spacial score (nSPS) is 21.3. The minimum atomic E-state index is 0.578. The summed E-state index contributed by atoms with van der Waals surface area (Å²) in [4.78, 5) is 13.9. The van der Waals surface area contributed by atoms with E-state index in [0.717, 1.165) is 24.5 Å². The molecule has 4 heteroatoms. The van der Waals surface area contributed by atoms with E-state index in [2.05, 4.69) is 58.1 Å². The molecule has 0 N–H and O–H groups in total. The molecule has 0 unspecified atom stereocenters. The van der Waals surface area contributed by atoms with Crippen LogP contribution in [-0.2, 0) is 13.1 Å². The number of hydrogen-bond acceptors (Lipinski definition) is 4. The van der Waals surface area contributed by atoms with E-state index in [0.29, 0.717) is 12.1 Å². The molecule has 4 nitrogen and oxygen atoms in total. The van der Waals surface area contributed by atoms with Crippen LogP contribution in [0.2, 0.25) is 0 Å². The Balaban J connectivity index is 1.66. The van der Waals surface area contributed by atoms with Crippen LogP contribution in [0.4, 0.5) is 0 Å². The number of likely N-dealkylation sites (N-methyl/N-ethyl adjacent to an activating group) is 2. The molecule has 0 bridgehead atoms. The summed E-state index contributed by atoms with van der Waals surface area (Å²) >= 11 is 0. The first-order valence-electron chi connectivity index (χ1n) is 8.94. The fraction of sp³-hybridized carbons (Fsp3) is 0.500. The number of hydrogen-bond donors (Lipinski definition) is 0. The Bertz CT molecular complexity index is 546. The lowest BCUT2D eigenvalue weighted by Crippen LogP contribution is -2.50. The van der Waals surface area contributed by atoms with Gasteiger partial charge in [-0.05, 0) is 51.2 Å². The van der Waals surface area contributed by atoms with Crippen LogP contribution in [-0.4, -0.2) is 45.9 Å². The van der Waals surface area contributed by atoms with Gasteiger partial charge in [0.2, 0.25) is 0 Å². The summed E-state index contributed by atoms with van der Waals surface area (Å²) in [7, 11) is 4.48. The van der Waals surface area contributed by atoms with Crippen LogP contribution in [0.5, 0.6) is 0 Å². The Kier molecular flexibility index (Phi) is 5.94. The van der Waals surface area contributed by atoms with Gasteiger partial charge in [-0.1, -0.05) is 25.0 Å². The molecule has 1 aliphatic rings. The molecule has 0 aromatic carbocycles. The molecular weight excluding hydrogens is 296 g/mol. The van der Waals surface area contributed by atoms with Gasteiger partial charge in [-0.3, -0.25) is 19.8 Å². The molecule has 1 fully saturated rings. The summed E-state index contributed by atoms with van der Waals surface area (Å²) in [5.74, 6) is 0. The highest BCUT2D eigenvalue weighted by molar-refractivity contribution is 5.05. The van der Waals surface area contributed by atoms with Gasteiger partial charge in [0.05, 0.1) is 11.4 Å². The molecule has 0 saturated heterocycles. The van der Waals surface area contributed by atoms with Crippen LogP contribution in [0.15, 0.2) is 48.8 Å². The zero-order chi connectivity index (χ0) is 16.8. The Morgan fingerprint density at radius 1 is 0.792 bits per heavy atom. The molecule has 2 aromatic heterocycles. The van der Waals surface area contributed by atoms with Crippen molar-refractivity contribution in [3.05, 3.63) is 60.2 Å². The summed E-state index contributed by atoms with van der Waals surface area (Å²) in [6, 6.07) is 13.5. The molecular formula is C20H28N4. The van der Waals surface area contributed by atoms with Gasteiger partial charge in [-0.15, -0.1) is 0 Å². The molecule has 0 aliphatic heterocycles. The number of pyridine rings is 2. The second-order valence-corrected chi connectivity index (χ2v) is 6.89. The van der Waals surface area contributed by atoms with E-state index in [9.17, 15) is 0 Å². The third kappa shape index (κ3) is 4.40. The summed E-state index contributed by atoms with van der Waals surface area (Å²) < 4.78 is 0. The Hall–Kier alpha value is -1.78. The lowest BCUT2D eigenvalue weighted by atomic mass is 9.88. The van der Waals surface area contributed by atoms with Gasteiger partial charge in [0.15, 0.2) is 0 Å². The van der Waals surface area contributed by atoms with Crippen molar-refractivity contribution in [2.24, 2.45) is 0 Å². The van der Waals surface area contributed by atoms with Crippen molar-refractivity contribution in [3.63, 3.8) is 0 Å². The third-order valence-corrected chi connectivity index (χ3v) is 5.10. The first-order valence-corrected chi connectivity index (χ1v) is 8.94. The third-order valence-electron chi connectivity index (χ3n) is 5.10. The van der Waals surface area contributed by atoms with Crippen molar-refractivity contribution in [2.45, 2.75) is 50.9 Å². The van der Waals surface area contributed by atoms with Crippen LogP contribution < -0.4 is 0 Å². The molecule has 3 rings (SSSR count). The van der Waals surface area contributed by atoms with E-state index in [1.807, 2.05) is 24.5 Å². The molecule has 2 atom stereocenters. The first-order chi connectivity index (χ1) is 11.7. The maximum atomic E-state index is 4.49. The van der Waals surface area contributed by atoms with Crippen molar-refractivity contribution in [2.75, 3.05) is 14.1 Å². The van der Waals surface area contributed by atoms with E-state index < -0.39 is 0 Å². The second kappa shape index (κ2) is 8.36. The topological polar surface area (TPSA) is 32.3 Å². The van der Waals surface area contributed by atoms with Crippen LogP contribution in [0, 0.1) is 0 Å². The van der Waals surface area contributed by atoms with Crippen molar-refractivity contribution in [3.8, 4) is 0 Å². The number of rotatable bonds is 6. The van der Waals surface area contributed by atoms with Gasteiger partial charge in [0, 0.05) is 37.6 Å².